The van der Waals surface area contributed by atoms with Crippen molar-refractivity contribution in [3.05, 3.63) is 126 Å². The molecule has 0 saturated carbocycles. The van der Waals surface area contributed by atoms with Crippen LogP contribution in [0.4, 0.5) is 0 Å². The highest BCUT2D eigenvalue weighted by Gasteiger charge is 2.31. The molecule has 3 aromatic carbocycles. The molecule has 4 aromatic rings. The van der Waals surface area contributed by atoms with Crippen LogP contribution in [-0.2, 0) is 45.5 Å². The van der Waals surface area contributed by atoms with Gasteiger partial charge in [-0.2, -0.15) is 4.31 Å². The molecule has 0 spiro atoms. The van der Waals surface area contributed by atoms with Gasteiger partial charge in [0.05, 0.1) is 17.7 Å². The Hall–Kier alpha value is -4.21. The van der Waals surface area contributed by atoms with E-state index in [1.54, 1.807) is 47.6 Å². The Morgan fingerprint density at radius 1 is 0.814 bits per heavy atom. The standard InChI is InChI=1S/C34H37N3O5S/c38-33(20-17-27-15-18-31(19-16-27)43(40,41)36-21-7-8-22-36)37(26-29-12-5-2-6-13-29)32(24-28-10-3-1-4-11-28)34(39)35-25-30-14-9-23-42-30/h1-6,9-16,18-19,23,32H,7-8,17,20-22,24-26H2,(H,35,39)/t32-/m0/s1. The molecule has 9 heteroatoms. The van der Waals surface area contributed by atoms with Crippen LogP contribution in [0, 0.1) is 0 Å². The van der Waals surface area contributed by atoms with Gasteiger partial charge in [-0.25, -0.2) is 8.42 Å². The van der Waals surface area contributed by atoms with Crippen LogP contribution in [0.15, 0.2) is 113 Å². The predicted octanol–water partition coefficient (Wildman–Crippen LogP) is 4.95. The third-order valence-corrected chi connectivity index (χ3v) is 9.65. The summed E-state index contributed by atoms with van der Waals surface area (Å²) in [4.78, 5) is 29.5. The number of benzene rings is 3. The number of sulfonamides is 1. The molecule has 2 heterocycles. The van der Waals surface area contributed by atoms with Crippen molar-refractivity contribution in [2.75, 3.05) is 13.1 Å². The van der Waals surface area contributed by atoms with E-state index in [1.165, 1.54) is 4.31 Å². The SMILES string of the molecule is O=C(NCc1ccco1)[C@H](Cc1ccccc1)N(Cc1ccccc1)C(=O)CCc1ccc(S(=O)(=O)N2CCCC2)cc1. The number of nitrogens with zero attached hydrogens (tertiary/aromatic N) is 2. The van der Waals surface area contributed by atoms with Crippen LogP contribution in [0.25, 0.3) is 0 Å². The molecular weight excluding hydrogens is 562 g/mol. The zero-order valence-corrected chi connectivity index (χ0v) is 24.9. The number of nitrogens with one attached hydrogen (secondary N) is 1. The average Bonchev–Trinajstić information content (AvgIpc) is 3.77. The summed E-state index contributed by atoms with van der Waals surface area (Å²) in [5.74, 6) is 0.204. The number of hydrogen-bond acceptors (Lipinski definition) is 5. The number of hydrogen-bond donors (Lipinski definition) is 1. The normalized spacial score (nSPS) is 14.3. The maximum absolute atomic E-state index is 13.9. The Morgan fingerprint density at radius 3 is 2.09 bits per heavy atom. The maximum atomic E-state index is 13.9. The second-order valence-corrected chi connectivity index (χ2v) is 12.7. The molecule has 1 aliphatic rings. The van der Waals surface area contributed by atoms with Gasteiger partial charge in [0.2, 0.25) is 21.8 Å². The number of furan rings is 1. The van der Waals surface area contributed by atoms with Crippen molar-refractivity contribution in [2.45, 2.75) is 56.1 Å². The maximum Gasteiger partial charge on any atom is 0.243 e. The van der Waals surface area contributed by atoms with Crippen LogP contribution in [0.3, 0.4) is 0 Å². The van der Waals surface area contributed by atoms with Gasteiger partial charge in [-0.3, -0.25) is 9.59 Å². The smallest absolute Gasteiger partial charge is 0.243 e. The Bertz CT molecular complexity index is 1570. The fourth-order valence-corrected chi connectivity index (χ4v) is 6.86. The van der Waals surface area contributed by atoms with E-state index >= 15 is 0 Å². The summed E-state index contributed by atoms with van der Waals surface area (Å²) in [6.45, 7) is 1.60. The molecule has 0 aliphatic carbocycles. The third kappa shape index (κ3) is 8.00. The number of carbonyl (C=O) groups excluding carboxylic acids is 2. The number of amides is 2. The van der Waals surface area contributed by atoms with Crippen LogP contribution in [0.2, 0.25) is 0 Å². The minimum Gasteiger partial charge on any atom is -0.467 e. The van der Waals surface area contributed by atoms with Gasteiger partial charge in [-0.15, -0.1) is 0 Å². The molecule has 1 aliphatic heterocycles. The quantitative estimate of drug-likeness (QED) is 0.234. The van der Waals surface area contributed by atoms with Crippen molar-refractivity contribution in [3.63, 3.8) is 0 Å². The van der Waals surface area contributed by atoms with Gasteiger partial charge in [0, 0.05) is 32.5 Å². The van der Waals surface area contributed by atoms with E-state index in [2.05, 4.69) is 5.32 Å². The van der Waals surface area contributed by atoms with Crippen molar-refractivity contribution in [3.8, 4) is 0 Å². The molecule has 1 N–H and O–H groups in total. The monoisotopic (exact) mass is 599 g/mol. The predicted molar refractivity (Wildman–Crippen MR) is 164 cm³/mol. The summed E-state index contributed by atoms with van der Waals surface area (Å²) >= 11 is 0. The van der Waals surface area contributed by atoms with Gasteiger partial charge in [-0.05, 0) is 60.2 Å². The zero-order chi connectivity index (χ0) is 30.1. The largest absolute Gasteiger partial charge is 0.467 e. The number of aryl methyl sites for hydroxylation is 1. The molecule has 1 atom stereocenters. The van der Waals surface area contributed by atoms with Gasteiger partial charge in [0.15, 0.2) is 0 Å². The van der Waals surface area contributed by atoms with E-state index in [1.807, 2.05) is 60.7 Å². The molecule has 43 heavy (non-hydrogen) atoms. The first-order valence-electron chi connectivity index (χ1n) is 14.7. The number of rotatable bonds is 13. The molecule has 8 nitrogen and oxygen atoms in total. The second kappa shape index (κ2) is 14.3. The van der Waals surface area contributed by atoms with E-state index < -0.39 is 16.1 Å². The molecule has 2 amide bonds. The van der Waals surface area contributed by atoms with Crippen LogP contribution in [0.1, 0.15) is 41.7 Å². The van der Waals surface area contributed by atoms with Gasteiger partial charge >= 0.3 is 0 Å². The van der Waals surface area contributed by atoms with Gasteiger partial charge in [-0.1, -0.05) is 72.8 Å². The van der Waals surface area contributed by atoms with E-state index in [9.17, 15) is 18.0 Å². The van der Waals surface area contributed by atoms with Gasteiger partial charge < -0.3 is 14.6 Å². The topological polar surface area (TPSA) is 99.9 Å². The van der Waals surface area contributed by atoms with Crippen LogP contribution >= 0.6 is 0 Å². The molecule has 1 saturated heterocycles. The van der Waals surface area contributed by atoms with Crippen LogP contribution in [-0.4, -0.2) is 48.6 Å². The Balaban J connectivity index is 1.34. The lowest BCUT2D eigenvalue weighted by Gasteiger charge is -2.31. The van der Waals surface area contributed by atoms with Crippen molar-refractivity contribution in [2.24, 2.45) is 0 Å². The molecule has 0 unspecified atom stereocenters. The highest BCUT2D eigenvalue weighted by Crippen LogP contribution is 2.22. The lowest BCUT2D eigenvalue weighted by molar-refractivity contribution is -0.141. The summed E-state index contributed by atoms with van der Waals surface area (Å²) in [5, 5.41) is 2.96. The lowest BCUT2D eigenvalue weighted by atomic mass is 10.0. The molecule has 1 fully saturated rings. The fraction of sp³-hybridized carbons (Fsp3) is 0.294. The van der Waals surface area contributed by atoms with E-state index in [4.69, 9.17) is 4.42 Å². The molecule has 0 bridgehead atoms. The van der Waals surface area contributed by atoms with Crippen LogP contribution < -0.4 is 5.32 Å². The first-order chi connectivity index (χ1) is 20.9. The highest BCUT2D eigenvalue weighted by molar-refractivity contribution is 7.89. The molecule has 224 valence electrons. The minimum absolute atomic E-state index is 0.160. The lowest BCUT2D eigenvalue weighted by Crippen LogP contribution is -2.50. The third-order valence-electron chi connectivity index (χ3n) is 7.74. The van der Waals surface area contributed by atoms with Crippen molar-refractivity contribution < 1.29 is 22.4 Å². The first kappa shape index (κ1) is 30.3. The summed E-state index contributed by atoms with van der Waals surface area (Å²) in [7, 11) is -3.50. The molecular formula is C34H37N3O5S. The van der Waals surface area contributed by atoms with Crippen molar-refractivity contribution in [1.82, 2.24) is 14.5 Å². The van der Waals surface area contributed by atoms with Crippen molar-refractivity contribution >= 4 is 21.8 Å². The van der Waals surface area contributed by atoms with Gasteiger partial charge in [0.1, 0.15) is 11.8 Å². The minimum atomic E-state index is -3.50. The second-order valence-electron chi connectivity index (χ2n) is 10.8. The van der Waals surface area contributed by atoms with E-state index in [0.717, 1.165) is 29.5 Å². The van der Waals surface area contributed by atoms with E-state index in [0.29, 0.717) is 31.7 Å². The van der Waals surface area contributed by atoms with Crippen LogP contribution in [0.5, 0.6) is 0 Å². The summed E-state index contributed by atoms with van der Waals surface area (Å²) in [6, 6.07) is 28.9. The average molecular weight is 600 g/mol. The molecule has 0 radical (unpaired) electrons. The Morgan fingerprint density at radius 2 is 1.47 bits per heavy atom. The first-order valence-corrected chi connectivity index (χ1v) is 16.1. The summed E-state index contributed by atoms with van der Waals surface area (Å²) in [5.41, 5.74) is 2.72. The molecule has 5 rings (SSSR count). The van der Waals surface area contributed by atoms with E-state index in [-0.39, 0.29) is 36.2 Å². The van der Waals surface area contributed by atoms with Crippen molar-refractivity contribution in [1.29, 1.82) is 0 Å². The summed E-state index contributed by atoms with van der Waals surface area (Å²) < 4.78 is 32.7. The summed E-state index contributed by atoms with van der Waals surface area (Å²) in [6.07, 6.45) is 4.26. The van der Waals surface area contributed by atoms with Gasteiger partial charge in [0.25, 0.3) is 0 Å². The highest BCUT2D eigenvalue weighted by atomic mass is 32.2. The number of carbonyl (C=O) groups is 2. The Labute approximate surface area is 253 Å². The zero-order valence-electron chi connectivity index (χ0n) is 24.1. The Kier molecular flexibility index (Phi) is 10.1. The fourth-order valence-electron chi connectivity index (χ4n) is 5.34. The molecule has 1 aromatic heterocycles.